The predicted octanol–water partition coefficient (Wildman–Crippen LogP) is 3.91. The van der Waals surface area contributed by atoms with Gasteiger partial charge in [-0.1, -0.05) is 54.2 Å². The maximum Gasteiger partial charge on any atom is 0.234 e. The van der Waals surface area contributed by atoms with E-state index in [1.165, 1.54) is 23.9 Å². The van der Waals surface area contributed by atoms with Crippen LogP contribution in [0.5, 0.6) is 0 Å². The number of halogens is 1. The van der Waals surface area contributed by atoms with Crippen LogP contribution >= 0.6 is 11.8 Å². The summed E-state index contributed by atoms with van der Waals surface area (Å²) in [5, 5.41) is 16.2. The van der Waals surface area contributed by atoms with Gasteiger partial charge < -0.3 is 5.32 Å². The minimum Gasteiger partial charge on any atom is -0.323 e. The fourth-order valence-corrected chi connectivity index (χ4v) is 3.84. The van der Waals surface area contributed by atoms with Gasteiger partial charge in [0.25, 0.3) is 0 Å². The van der Waals surface area contributed by atoms with Crippen molar-refractivity contribution in [3.63, 3.8) is 0 Å². The molecule has 0 atom stereocenters. The molecule has 3 heterocycles. The molecule has 30 heavy (non-hydrogen) atoms. The average molecular weight is 418 g/mol. The summed E-state index contributed by atoms with van der Waals surface area (Å²) in [4.78, 5) is 12.2. The number of nitrogens with one attached hydrogen (secondary N) is 1. The lowest BCUT2D eigenvalue weighted by molar-refractivity contribution is -0.113. The summed E-state index contributed by atoms with van der Waals surface area (Å²) in [6.07, 6.45) is 3.63. The molecule has 3 aromatic heterocycles. The quantitative estimate of drug-likeness (QED) is 0.438. The minimum atomic E-state index is -0.471. The predicted molar refractivity (Wildman–Crippen MR) is 113 cm³/mol. The number of carbonyl (C=O) groups is 1. The van der Waals surface area contributed by atoms with E-state index in [1.54, 1.807) is 22.8 Å². The highest BCUT2D eigenvalue weighted by atomic mass is 32.2. The van der Waals surface area contributed by atoms with Crippen molar-refractivity contribution in [1.29, 1.82) is 0 Å². The Balaban J connectivity index is 1.38. The van der Waals surface area contributed by atoms with Crippen LogP contribution in [-0.4, -0.2) is 35.9 Å². The van der Waals surface area contributed by atoms with Gasteiger partial charge in [0.15, 0.2) is 10.8 Å². The first kappa shape index (κ1) is 18.3. The molecule has 0 spiro atoms. The Morgan fingerprint density at radius 2 is 1.83 bits per heavy atom. The van der Waals surface area contributed by atoms with Gasteiger partial charge in [-0.3, -0.25) is 9.20 Å². The second-order valence-corrected chi connectivity index (χ2v) is 7.46. The number of rotatable bonds is 5. The third-order valence-electron chi connectivity index (χ3n) is 4.54. The van der Waals surface area contributed by atoms with Gasteiger partial charge in [0.05, 0.1) is 17.1 Å². The summed E-state index contributed by atoms with van der Waals surface area (Å²) in [7, 11) is 0. The Morgan fingerprint density at radius 3 is 2.67 bits per heavy atom. The molecular formula is C21H15FN6OS. The molecule has 0 fully saturated rings. The normalized spacial score (nSPS) is 11.2. The number of para-hydroxylation sites is 1. The van der Waals surface area contributed by atoms with Crippen molar-refractivity contribution >= 4 is 34.5 Å². The second kappa shape index (κ2) is 7.60. The SMILES string of the molecule is O=C(CSc1nnc2c3cc(-c4ccccc4)nn3ccn12)Nc1ccccc1F. The molecule has 1 amide bonds. The van der Waals surface area contributed by atoms with Gasteiger partial charge in [0.1, 0.15) is 11.3 Å². The summed E-state index contributed by atoms with van der Waals surface area (Å²) in [5.74, 6) is -0.714. The fraction of sp³-hybridized carbons (Fsp3) is 0.0476. The lowest BCUT2D eigenvalue weighted by atomic mass is 10.1. The van der Waals surface area contributed by atoms with Crippen LogP contribution in [0.2, 0.25) is 0 Å². The third-order valence-corrected chi connectivity index (χ3v) is 5.48. The van der Waals surface area contributed by atoms with Crippen molar-refractivity contribution in [2.24, 2.45) is 0 Å². The van der Waals surface area contributed by atoms with Gasteiger partial charge in [-0.05, 0) is 18.2 Å². The maximum atomic E-state index is 13.7. The van der Waals surface area contributed by atoms with Crippen molar-refractivity contribution in [3.05, 3.63) is 78.9 Å². The summed E-state index contributed by atoms with van der Waals surface area (Å²) in [6, 6.07) is 17.9. The van der Waals surface area contributed by atoms with E-state index in [0.29, 0.717) is 10.8 Å². The maximum absolute atomic E-state index is 13.7. The number of carbonyl (C=O) groups excluding carboxylic acids is 1. The highest BCUT2D eigenvalue weighted by Gasteiger charge is 2.14. The van der Waals surface area contributed by atoms with Crippen molar-refractivity contribution < 1.29 is 9.18 Å². The second-order valence-electron chi connectivity index (χ2n) is 6.52. The molecule has 0 saturated carbocycles. The number of anilines is 1. The Labute approximate surface area is 174 Å². The van der Waals surface area contributed by atoms with Crippen molar-refractivity contribution in [2.75, 3.05) is 11.1 Å². The van der Waals surface area contributed by atoms with Gasteiger partial charge in [0, 0.05) is 18.0 Å². The zero-order valence-electron chi connectivity index (χ0n) is 15.6. The Bertz CT molecular complexity index is 1360. The molecule has 5 rings (SSSR count). The molecule has 1 N–H and O–H groups in total. The van der Waals surface area contributed by atoms with Crippen LogP contribution in [0.3, 0.4) is 0 Å². The van der Waals surface area contributed by atoms with Crippen LogP contribution in [-0.2, 0) is 4.79 Å². The molecule has 0 unspecified atom stereocenters. The van der Waals surface area contributed by atoms with E-state index < -0.39 is 5.82 Å². The summed E-state index contributed by atoms with van der Waals surface area (Å²) in [6.45, 7) is 0. The first-order valence-corrected chi connectivity index (χ1v) is 10.1. The molecule has 0 aliphatic rings. The van der Waals surface area contributed by atoms with Crippen LogP contribution < -0.4 is 5.32 Å². The summed E-state index contributed by atoms with van der Waals surface area (Å²) >= 11 is 1.23. The van der Waals surface area contributed by atoms with Crippen LogP contribution in [0.15, 0.2) is 78.2 Å². The Morgan fingerprint density at radius 1 is 1.03 bits per heavy atom. The first-order valence-electron chi connectivity index (χ1n) is 9.15. The minimum absolute atomic E-state index is 0.0782. The average Bonchev–Trinajstić information content (AvgIpc) is 3.38. The summed E-state index contributed by atoms with van der Waals surface area (Å²) in [5.41, 5.74) is 3.46. The van der Waals surface area contributed by atoms with Gasteiger partial charge >= 0.3 is 0 Å². The molecule has 0 bridgehead atoms. The van der Waals surface area contributed by atoms with E-state index in [-0.39, 0.29) is 17.3 Å². The molecule has 9 heteroatoms. The summed E-state index contributed by atoms with van der Waals surface area (Å²) < 4.78 is 17.3. The van der Waals surface area contributed by atoms with Crippen molar-refractivity contribution in [3.8, 4) is 11.3 Å². The number of aromatic nitrogens is 5. The molecule has 5 aromatic rings. The number of amides is 1. The Hall–Kier alpha value is -3.72. The molecule has 148 valence electrons. The van der Waals surface area contributed by atoms with Crippen LogP contribution in [0.25, 0.3) is 22.4 Å². The molecule has 2 aromatic carbocycles. The number of thioether (sulfide) groups is 1. The monoisotopic (exact) mass is 418 g/mol. The van der Waals surface area contributed by atoms with Crippen LogP contribution in [0.4, 0.5) is 10.1 Å². The van der Waals surface area contributed by atoms with Crippen molar-refractivity contribution in [1.82, 2.24) is 24.2 Å². The lowest BCUT2D eigenvalue weighted by Crippen LogP contribution is -2.15. The first-order chi connectivity index (χ1) is 14.7. The highest BCUT2D eigenvalue weighted by molar-refractivity contribution is 7.99. The van der Waals surface area contributed by atoms with Crippen LogP contribution in [0, 0.1) is 5.82 Å². The van der Waals surface area contributed by atoms with Gasteiger partial charge in [-0.2, -0.15) is 5.10 Å². The number of nitrogens with zero attached hydrogens (tertiary/aromatic N) is 5. The molecule has 7 nitrogen and oxygen atoms in total. The molecule has 0 radical (unpaired) electrons. The molecular weight excluding hydrogens is 403 g/mol. The van der Waals surface area contributed by atoms with E-state index in [2.05, 4.69) is 20.6 Å². The van der Waals surface area contributed by atoms with Gasteiger partial charge in [0.2, 0.25) is 5.91 Å². The van der Waals surface area contributed by atoms with E-state index >= 15 is 0 Å². The van der Waals surface area contributed by atoms with Gasteiger partial charge in [-0.25, -0.2) is 8.91 Å². The van der Waals surface area contributed by atoms with Gasteiger partial charge in [-0.15, -0.1) is 10.2 Å². The molecule has 0 aliphatic carbocycles. The Kier molecular flexibility index (Phi) is 4.64. The number of hydrogen-bond acceptors (Lipinski definition) is 5. The van der Waals surface area contributed by atoms with E-state index in [1.807, 2.05) is 47.0 Å². The van der Waals surface area contributed by atoms with Crippen LogP contribution in [0.1, 0.15) is 0 Å². The zero-order chi connectivity index (χ0) is 20.5. The number of fused-ring (bicyclic) bond motifs is 3. The largest absolute Gasteiger partial charge is 0.323 e. The molecule has 0 saturated heterocycles. The third kappa shape index (κ3) is 3.39. The lowest BCUT2D eigenvalue weighted by Gasteiger charge is -2.05. The smallest absolute Gasteiger partial charge is 0.234 e. The standard InChI is InChI=1S/C21H15FN6OS/c22-15-8-4-5-9-16(15)23-19(29)13-30-21-25-24-20-18-12-17(14-6-2-1-3-7-14)26-28(18)11-10-27(20)21/h1-12H,13H2,(H,23,29). The van der Waals surface area contributed by atoms with Crippen molar-refractivity contribution in [2.45, 2.75) is 5.16 Å². The number of hydrogen-bond donors (Lipinski definition) is 1. The zero-order valence-corrected chi connectivity index (χ0v) is 16.4. The molecule has 0 aliphatic heterocycles. The van der Waals surface area contributed by atoms with E-state index in [4.69, 9.17) is 0 Å². The van der Waals surface area contributed by atoms with E-state index in [9.17, 15) is 9.18 Å². The number of benzene rings is 2. The topological polar surface area (TPSA) is 76.6 Å². The fourth-order valence-electron chi connectivity index (χ4n) is 3.12. The highest BCUT2D eigenvalue weighted by Crippen LogP contribution is 2.24. The van der Waals surface area contributed by atoms with E-state index in [0.717, 1.165) is 16.8 Å².